The molecule has 0 bridgehead atoms. The van der Waals surface area contributed by atoms with Gasteiger partial charge in [0.05, 0.1) is 7.11 Å². The number of carbonyl (C=O) groups excluding carboxylic acids is 1. The molecule has 0 heterocycles. The molecule has 0 radical (unpaired) electrons. The number of rotatable bonds is 3. The molecule has 2 rings (SSSR count). The van der Waals surface area contributed by atoms with E-state index in [1.807, 2.05) is 0 Å². The van der Waals surface area contributed by atoms with Gasteiger partial charge in [-0.05, 0) is 18.9 Å². The van der Waals surface area contributed by atoms with E-state index in [4.69, 9.17) is 4.74 Å². The summed E-state index contributed by atoms with van der Waals surface area (Å²) in [5.41, 5.74) is -0.662. The van der Waals surface area contributed by atoms with Crippen molar-refractivity contribution in [2.24, 2.45) is 4.99 Å². The number of phenols is 1. The maximum absolute atomic E-state index is 13.7. The van der Waals surface area contributed by atoms with Gasteiger partial charge >= 0.3 is 0 Å². The number of nitrogens with zero attached hydrogens (tertiary/aromatic N) is 1. The van der Waals surface area contributed by atoms with E-state index in [0.29, 0.717) is 18.6 Å². The summed E-state index contributed by atoms with van der Waals surface area (Å²) in [4.78, 5) is 13.9. The highest BCUT2D eigenvalue weighted by Crippen LogP contribution is 2.51. The Bertz CT molecular complexity index is 476. The van der Waals surface area contributed by atoms with Gasteiger partial charge < -0.3 is 9.84 Å². The molecule has 0 atom stereocenters. The highest BCUT2D eigenvalue weighted by atomic mass is 19.1. The predicted octanol–water partition coefficient (Wildman–Crippen LogP) is 1.86. The van der Waals surface area contributed by atoms with E-state index in [0.717, 1.165) is 0 Å². The number of aliphatic imine (C=N–C) groups is 1. The summed E-state index contributed by atoms with van der Waals surface area (Å²) >= 11 is 0. The Labute approximate surface area is 91.4 Å². The summed E-state index contributed by atoms with van der Waals surface area (Å²) in [5, 5.41) is 9.38. The Morgan fingerprint density at radius 3 is 2.75 bits per heavy atom. The van der Waals surface area contributed by atoms with Crippen LogP contribution in [0.1, 0.15) is 18.4 Å². The molecule has 1 N–H and O–H groups in total. The minimum atomic E-state index is -0.849. The first-order chi connectivity index (χ1) is 7.63. The van der Waals surface area contributed by atoms with Crippen molar-refractivity contribution in [3.8, 4) is 11.5 Å². The van der Waals surface area contributed by atoms with Gasteiger partial charge in [0, 0.05) is 11.6 Å². The van der Waals surface area contributed by atoms with Gasteiger partial charge in [0.15, 0.2) is 11.6 Å². The maximum atomic E-state index is 13.7. The number of hydrogen-bond acceptors (Lipinski definition) is 4. The fourth-order valence-electron chi connectivity index (χ4n) is 1.69. The topological polar surface area (TPSA) is 58.9 Å². The molecule has 0 unspecified atom stereocenters. The van der Waals surface area contributed by atoms with Crippen molar-refractivity contribution in [2.45, 2.75) is 18.4 Å². The van der Waals surface area contributed by atoms with Gasteiger partial charge in [-0.3, -0.25) is 0 Å². The van der Waals surface area contributed by atoms with Crippen molar-refractivity contribution >= 4 is 6.08 Å². The molecular weight excluding hydrogens is 213 g/mol. The second-order valence-corrected chi connectivity index (χ2v) is 3.74. The lowest BCUT2D eigenvalue weighted by molar-refractivity contribution is 0.391. The predicted molar refractivity (Wildman–Crippen MR) is 53.7 cm³/mol. The first-order valence-corrected chi connectivity index (χ1v) is 4.79. The zero-order valence-electron chi connectivity index (χ0n) is 8.66. The summed E-state index contributed by atoms with van der Waals surface area (Å²) in [6, 6.07) is 2.63. The van der Waals surface area contributed by atoms with Gasteiger partial charge in [0.1, 0.15) is 11.3 Å². The van der Waals surface area contributed by atoms with E-state index in [1.54, 1.807) is 0 Å². The molecule has 0 aliphatic heterocycles. The number of methoxy groups -OCH3 is 1. The molecule has 1 fully saturated rings. The SMILES string of the molecule is COc1cc(O)c(F)c(C2(N=C=O)CC2)c1. The van der Waals surface area contributed by atoms with Gasteiger partial charge in [-0.25, -0.2) is 9.18 Å². The van der Waals surface area contributed by atoms with Crippen LogP contribution in [0, 0.1) is 5.82 Å². The van der Waals surface area contributed by atoms with Gasteiger partial charge in [-0.1, -0.05) is 0 Å². The lowest BCUT2D eigenvalue weighted by Crippen LogP contribution is -2.06. The monoisotopic (exact) mass is 223 g/mol. The number of halogens is 1. The normalized spacial score (nSPS) is 16.4. The van der Waals surface area contributed by atoms with Crippen LogP contribution < -0.4 is 4.74 Å². The van der Waals surface area contributed by atoms with E-state index in [-0.39, 0.29) is 5.56 Å². The van der Waals surface area contributed by atoms with Crippen LogP contribution in [0.3, 0.4) is 0 Å². The Balaban J connectivity index is 2.55. The number of ether oxygens (including phenoxy) is 1. The van der Waals surface area contributed by atoms with Crippen molar-refractivity contribution < 1.29 is 19.0 Å². The number of aromatic hydroxyl groups is 1. The highest BCUT2D eigenvalue weighted by Gasteiger charge is 2.47. The molecule has 16 heavy (non-hydrogen) atoms. The third kappa shape index (κ3) is 1.55. The molecule has 1 saturated carbocycles. The zero-order valence-corrected chi connectivity index (χ0v) is 8.66. The Hall–Kier alpha value is -1.87. The van der Waals surface area contributed by atoms with Crippen LogP contribution in [0.15, 0.2) is 17.1 Å². The maximum Gasteiger partial charge on any atom is 0.235 e. The van der Waals surface area contributed by atoms with E-state index >= 15 is 0 Å². The smallest absolute Gasteiger partial charge is 0.235 e. The van der Waals surface area contributed by atoms with E-state index in [1.165, 1.54) is 25.3 Å². The highest BCUT2D eigenvalue weighted by molar-refractivity contribution is 5.47. The number of benzene rings is 1. The molecule has 1 aliphatic rings. The molecule has 0 aromatic heterocycles. The average molecular weight is 223 g/mol. The van der Waals surface area contributed by atoms with Crippen molar-refractivity contribution in [2.75, 3.05) is 7.11 Å². The van der Waals surface area contributed by atoms with Crippen molar-refractivity contribution in [3.63, 3.8) is 0 Å². The van der Waals surface area contributed by atoms with Crippen molar-refractivity contribution in [3.05, 3.63) is 23.5 Å². The fraction of sp³-hybridized carbons (Fsp3) is 0.364. The number of hydrogen-bond donors (Lipinski definition) is 1. The first-order valence-electron chi connectivity index (χ1n) is 4.79. The number of isocyanates is 1. The average Bonchev–Trinajstić information content (AvgIpc) is 3.03. The minimum absolute atomic E-state index is 0.188. The Morgan fingerprint density at radius 2 is 2.25 bits per heavy atom. The van der Waals surface area contributed by atoms with Crippen LogP contribution in [0.2, 0.25) is 0 Å². The van der Waals surface area contributed by atoms with Crippen LogP contribution in [0.4, 0.5) is 4.39 Å². The summed E-state index contributed by atoms with van der Waals surface area (Å²) < 4.78 is 18.6. The molecule has 1 aromatic carbocycles. The van der Waals surface area contributed by atoms with Crippen LogP contribution >= 0.6 is 0 Å². The van der Waals surface area contributed by atoms with Gasteiger partial charge in [-0.2, -0.15) is 4.99 Å². The fourth-order valence-corrected chi connectivity index (χ4v) is 1.69. The first kappa shape index (κ1) is 10.6. The van der Waals surface area contributed by atoms with Crippen molar-refractivity contribution in [1.82, 2.24) is 0 Å². The molecule has 0 amide bonds. The van der Waals surface area contributed by atoms with Crippen molar-refractivity contribution in [1.29, 1.82) is 0 Å². The third-order valence-electron chi connectivity index (χ3n) is 2.75. The van der Waals surface area contributed by atoms with Crippen LogP contribution in [0.5, 0.6) is 11.5 Å². The second kappa shape index (κ2) is 3.61. The van der Waals surface area contributed by atoms with Gasteiger partial charge in [0.2, 0.25) is 6.08 Å². The Morgan fingerprint density at radius 1 is 1.56 bits per heavy atom. The summed E-state index contributed by atoms with van der Waals surface area (Å²) in [5.74, 6) is -0.916. The Kier molecular flexibility index (Phi) is 2.40. The molecule has 0 spiro atoms. The minimum Gasteiger partial charge on any atom is -0.505 e. The van der Waals surface area contributed by atoms with E-state index in [9.17, 15) is 14.3 Å². The van der Waals surface area contributed by atoms with E-state index in [2.05, 4.69) is 4.99 Å². The van der Waals surface area contributed by atoms with Gasteiger partial charge in [0.25, 0.3) is 0 Å². The molecule has 1 aliphatic carbocycles. The lowest BCUT2D eigenvalue weighted by Gasteiger charge is -2.12. The second-order valence-electron chi connectivity index (χ2n) is 3.74. The molecule has 4 nitrogen and oxygen atoms in total. The largest absolute Gasteiger partial charge is 0.505 e. The summed E-state index contributed by atoms with van der Waals surface area (Å²) in [6.45, 7) is 0. The molecule has 1 aromatic rings. The molecular formula is C11H10FNO3. The van der Waals surface area contributed by atoms with E-state index < -0.39 is 17.1 Å². The summed E-state index contributed by atoms with van der Waals surface area (Å²) in [7, 11) is 1.42. The van der Waals surface area contributed by atoms with Gasteiger partial charge in [-0.15, -0.1) is 0 Å². The third-order valence-corrected chi connectivity index (χ3v) is 2.75. The quantitative estimate of drug-likeness (QED) is 0.628. The molecule has 5 heteroatoms. The lowest BCUT2D eigenvalue weighted by atomic mass is 10.0. The van der Waals surface area contributed by atoms with Crippen LogP contribution in [-0.2, 0) is 10.3 Å². The van der Waals surface area contributed by atoms with Crippen LogP contribution in [0.25, 0.3) is 0 Å². The standard InChI is InChI=1S/C11H10FNO3/c1-16-7-4-8(10(12)9(15)5-7)11(2-3-11)13-6-14/h4-5,15H,2-3H2,1H3. The van der Waals surface area contributed by atoms with Crippen LogP contribution in [-0.4, -0.2) is 18.3 Å². The zero-order chi connectivity index (χ0) is 11.8. The summed E-state index contributed by atoms with van der Waals surface area (Å²) in [6.07, 6.45) is 2.59. The molecule has 0 saturated heterocycles. The molecule has 84 valence electrons. The number of phenolic OH excluding ortho intramolecular Hbond substituents is 1.